The van der Waals surface area contributed by atoms with E-state index in [1.165, 1.54) is 7.11 Å². The zero-order valence-corrected chi connectivity index (χ0v) is 16.3. The number of benzene rings is 2. The first kappa shape index (κ1) is 19.3. The Bertz CT molecular complexity index is 935. The summed E-state index contributed by atoms with van der Waals surface area (Å²) >= 11 is 0. The van der Waals surface area contributed by atoms with Crippen LogP contribution in [-0.2, 0) is 4.79 Å². The first-order valence-corrected chi connectivity index (χ1v) is 8.81. The molecule has 0 saturated carbocycles. The Hall–Kier alpha value is -3.48. The molecule has 3 amide bonds. The minimum absolute atomic E-state index is 0.298. The van der Waals surface area contributed by atoms with Crippen molar-refractivity contribution in [1.82, 2.24) is 10.6 Å². The van der Waals surface area contributed by atoms with E-state index in [9.17, 15) is 9.59 Å². The number of urea groups is 1. The number of nitrogens with one attached hydrogen (secondary N) is 3. The van der Waals surface area contributed by atoms with Crippen LogP contribution in [0.15, 0.2) is 53.7 Å². The van der Waals surface area contributed by atoms with Crippen LogP contribution in [0, 0.1) is 6.92 Å². The first-order chi connectivity index (χ1) is 13.4. The summed E-state index contributed by atoms with van der Waals surface area (Å²) in [6, 6.07) is 11.8. The van der Waals surface area contributed by atoms with Gasteiger partial charge in [-0.3, -0.25) is 4.79 Å². The molecule has 1 aliphatic heterocycles. The van der Waals surface area contributed by atoms with Gasteiger partial charge in [0.2, 0.25) is 0 Å². The smallest absolute Gasteiger partial charge is 0.319 e. The minimum atomic E-state index is -0.626. The number of carbonyl (C=O) groups is 2. The molecule has 0 aromatic heterocycles. The van der Waals surface area contributed by atoms with Gasteiger partial charge in [-0.2, -0.15) is 0 Å². The molecule has 0 fully saturated rings. The summed E-state index contributed by atoms with van der Waals surface area (Å²) in [5, 5.41) is 8.37. The molecular weight excluding hydrogens is 358 g/mol. The molecule has 1 atom stereocenters. The predicted octanol–water partition coefficient (Wildman–Crippen LogP) is 3.28. The summed E-state index contributed by atoms with van der Waals surface area (Å²) in [5.41, 5.74) is 3.41. The van der Waals surface area contributed by atoms with Crippen LogP contribution in [0.1, 0.15) is 24.1 Å². The van der Waals surface area contributed by atoms with Crippen LogP contribution in [0.3, 0.4) is 0 Å². The second-order valence-electron chi connectivity index (χ2n) is 6.50. The highest BCUT2D eigenvalue weighted by Crippen LogP contribution is 2.34. The van der Waals surface area contributed by atoms with Crippen LogP contribution in [0.25, 0.3) is 0 Å². The standard InChI is InChI=1S/C21H23N3O4/c1-12-5-8-15(9-6-12)23-20(25)18-13(2)22-21(26)24-19(18)14-7-10-16(27-3)17(11-14)28-4/h5-11,19H,1-4H3,(H,23,25)(H2,22,24,26)/t19-/m0/s1. The number of ether oxygens (including phenoxy) is 2. The summed E-state index contributed by atoms with van der Waals surface area (Å²) in [4.78, 5) is 25.1. The Morgan fingerprint density at radius 1 is 1.00 bits per heavy atom. The molecule has 28 heavy (non-hydrogen) atoms. The van der Waals surface area contributed by atoms with Crippen molar-refractivity contribution in [2.24, 2.45) is 0 Å². The third-order valence-corrected chi connectivity index (χ3v) is 4.56. The lowest BCUT2D eigenvalue weighted by atomic mass is 9.94. The number of hydrogen-bond donors (Lipinski definition) is 3. The summed E-state index contributed by atoms with van der Waals surface area (Å²) in [5.74, 6) is 0.787. The van der Waals surface area contributed by atoms with Gasteiger partial charge in [-0.15, -0.1) is 0 Å². The highest BCUT2D eigenvalue weighted by molar-refractivity contribution is 6.06. The fraction of sp³-hybridized carbons (Fsp3) is 0.238. The molecule has 1 heterocycles. The van der Waals surface area contributed by atoms with E-state index < -0.39 is 6.04 Å². The van der Waals surface area contributed by atoms with Crippen molar-refractivity contribution in [1.29, 1.82) is 0 Å². The van der Waals surface area contributed by atoms with E-state index in [4.69, 9.17) is 9.47 Å². The van der Waals surface area contributed by atoms with Crippen molar-refractivity contribution < 1.29 is 19.1 Å². The van der Waals surface area contributed by atoms with Crippen LogP contribution in [0.2, 0.25) is 0 Å². The SMILES string of the molecule is COc1ccc([C@@H]2NC(=O)NC(C)=C2C(=O)Nc2ccc(C)cc2)cc1OC. The third-order valence-electron chi connectivity index (χ3n) is 4.56. The lowest BCUT2D eigenvalue weighted by Crippen LogP contribution is -2.45. The van der Waals surface area contributed by atoms with Gasteiger partial charge >= 0.3 is 6.03 Å². The molecule has 7 nitrogen and oxygen atoms in total. The van der Waals surface area contributed by atoms with Gasteiger partial charge in [0.15, 0.2) is 11.5 Å². The Labute approximate surface area is 163 Å². The zero-order valence-electron chi connectivity index (χ0n) is 16.3. The second-order valence-corrected chi connectivity index (χ2v) is 6.50. The molecule has 2 aromatic rings. The maximum absolute atomic E-state index is 13.0. The summed E-state index contributed by atoms with van der Waals surface area (Å²) < 4.78 is 10.6. The molecule has 146 valence electrons. The van der Waals surface area contributed by atoms with E-state index >= 15 is 0 Å². The molecule has 0 aliphatic carbocycles. The van der Waals surface area contributed by atoms with Crippen molar-refractivity contribution in [3.05, 3.63) is 64.9 Å². The lowest BCUT2D eigenvalue weighted by molar-refractivity contribution is -0.113. The third kappa shape index (κ3) is 3.93. The van der Waals surface area contributed by atoms with Gasteiger partial charge < -0.3 is 25.4 Å². The topological polar surface area (TPSA) is 88.7 Å². The van der Waals surface area contributed by atoms with Crippen LogP contribution in [0.5, 0.6) is 11.5 Å². The van der Waals surface area contributed by atoms with Gasteiger partial charge in [-0.1, -0.05) is 23.8 Å². The van der Waals surface area contributed by atoms with E-state index in [1.54, 1.807) is 32.2 Å². The predicted molar refractivity (Wildman–Crippen MR) is 106 cm³/mol. The molecule has 2 aromatic carbocycles. The average molecular weight is 381 g/mol. The van der Waals surface area contributed by atoms with E-state index in [0.29, 0.717) is 34.0 Å². The number of carbonyl (C=O) groups excluding carboxylic acids is 2. The normalized spacial score (nSPS) is 16.1. The van der Waals surface area contributed by atoms with Gasteiger partial charge in [0.1, 0.15) is 0 Å². The molecule has 0 unspecified atom stereocenters. The van der Waals surface area contributed by atoms with Crippen molar-refractivity contribution in [3.8, 4) is 11.5 Å². The number of hydrogen-bond acceptors (Lipinski definition) is 4. The Balaban J connectivity index is 1.96. The minimum Gasteiger partial charge on any atom is -0.493 e. The fourth-order valence-corrected chi connectivity index (χ4v) is 3.11. The zero-order chi connectivity index (χ0) is 20.3. The van der Waals surface area contributed by atoms with E-state index in [1.807, 2.05) is 31.2 Å². The van der Waals surface area contributed by atoms with Gasteiger partial charge in [0, 0.05) is 11.4 Å². The van der Waals surface area contributed by atoms with Crippen LogP contribution < -0.4 is 25.4 Å². The van der Waals surface area contributed by atoms with Gasteiger partial charge in [-0.05, 0) is 43.7 Å². The number of methoxy groups -OCH3 is 2. The summed E-state index contributed by atoms with van der Waals surface area (Å²) in [6.07, 6.45) is 0. The fourth-order valence-electron chi connectivity index (χ4n) is 3.11. The monoisotopic (exact) mass is 381 g/mol. The Morgan fingerprint density at radius 2 is 1.68 bits per heavy atom. The molecule has 3 rings (SSSR count). The van der Waals surface area contributed by atoms with Gasteiger partial charge in [0.05, 0.1) is 25.8 Å². The quantitative estimate of drug-likeness (QED) is 0.742. The Kier molecular flexibility index (Phi) is 5.54. The van der Waals surface area contributed by atoms with Crippen molar-refractivity contribution in [2.45, 2.75) is 19.9 Å². The van der Waals surface area contributed by atoms with Gasteiger partial charge in [0.25, 0.3) is 5.91 Å². The number of aryl methyl sites for hydroxylation is 1. The van der Waals surface area contributed by atoms with Crippen molar-refractivity contribution in [3.63, 3.8) is 0 Å². The van der Waals surface area contributed by atoms with Crippen LogP contribution >= 0.6 is 0 Å². The molecular formula is C21H23N3O4. The Morgan fingerprint density at radius 3 is 2.32 bits per heavy atom. The number of allylic oxidation sites excluding steroid dienone is 1. The maximum atomic E-state index is 13.0. The number of anilines is 1. The molecule has 3 N–H and O–H groups in total. The van der Waals surface area contributed by atoms with Crippen molar-refractivity contribution in [2.75, 3.05) is 19.5 Å². The molecule has 0 spiro atoms. The van der Waals surface area contributed by atoms with E-state index in [-0.39, 0.29) is 11.9 Å². The van der Waals surface area contributed by atoms with E-state index in [2.05, 4.69) is 16.0 Å². The first-order valence-electron chi connectivity index (χ1n) is 8.81. The van der Waals surface area contributed by atoms with Crippen LogP contribution in [-0.4, -0.2) is 26.2 Å². The highest BCUT2D eigenvalue weighted by Gasteiger charge is 2.31. The largest absolute Gasteiger partial charge is 0.493 e. The van der Waals surface area contributed by atoms with Gasteiger partial charge in [-0.25, -0.2) is 4.79 Å². The molecule has 0 bridgehead atoms. The maximum Gasteiger partial charge on any atom is 0.319 e. The average Bonchev–Trinajstić information content (AvgIpc) is 2.68. The molecule has 0 saturated heterocycles. The molecule has 0 radical (unpaired) electrons. The van der Waals surface area contributed by atoms with Crippen molar-refractivity contribution >= 4 is 17.6 Å². The van der Waals surface area contributed by atoms with Crippen LogP contribution in [0.4, 0.5) is 10.5 Å². The summed E-state index contributed by atoms with van der Waals surface area (Å²) in [7, 11) is 3.09. The number of amides is 3. The molecule has 7 heteroatoms. The van der Waals surface area contributed by atoms with E-state index in [0.717, 1.165) is 5.56 Å². The molecule has 1 aliphatic rings. The lowest BCUT2D eigenvalue weighted by Gasteiger charge is -2.29. The second kappa shape index (κ2) is 8.04. The number of rotatable bonds is 5. The highest BCUT2D eigenvalue weighted by atomic mass is 16.5. The summed E-state index contributed by atoms with van der Waals surface area (Å²) in [6.45, 7) is 3.68.